The molecule has 0 aromatic carbocycles. The Bertz CT molecular complexity index is 167. The molecule has 1 aliphatic heterocycles. The maximum atomic E-state index is 3.61. The molecule has 0 aromatic heterocycles. The minimum Gasteiger partial charge on any atom is -0.305 e. The average molecular weight is 277 g/mol. The van der Waals surface area contributed by atoms with E-state index in [0.717, 1.165) is 17.3 Å². The van der Waals surface area contributed by atoms with E-state index in [0.29, 0.717) is 0 Å². The third-order valence-electron chi connectivity index (χ3n) is 3.52. The van der Waals surface area contributed by atoms with Crippen LogP contribution >= 0.6 is 15.9 Å². The van der Waals surface area contributed by atoms with Gasteiger partial charge < -0.3 is 9.80 Å². The van der Waals surface area contributed by atoms with Crippen LogP contribution in [0.4, 0.5) is 0 Å². The highest BCUT2D eigenvalue weighted by atomic mass is 79.9. The van der Waals surface area contributed by atoms with Crippen LogP contribution in [0.15, 0.2) is 0 Å². The Morgan fingerprint density at radius 2 is 2.20 bits per heavy atom. The molecule has 0 bridgehead atoms. The van der Waals surface area contributed by atoms with E-state index in [-0.39, 0.29) is 0 Å². The molecule has 0 spiro atoms. The van der Waals surface area contributed by atoms with Crippen LogP contribution in [0.2, 0.25) is 0 Å². The van der Waals surface area contributed by atoms with Gasteiger partial charge in [0.2, 0.25) is 0 Å². The van der Waals surface area contributed by atoms with Gasteiger partial charge in [0.1, 0.15) is 0 Å². The van der Waals surface area contributed by atoms with Gasteiger partial charge in [-0.15, -0.1) is 0 Å². The minimum absolute atomic E-state index is 0.770. The maximum Gasteiger partial charge on any atom is 0.0217 e. The fraction of sp³-hybridized carbons (Fsp3) is 1.00. The molecule has 15 heavy (non-hydrogen) atoms. The predicted molar refractivity (Wildman–Crippen MR) is 70.7 cm³/mol. The number of likely N-dealkylation sites (N-methyl/N-ethyl adjacent to an activating group) is 1. The summed E-state index contributed by atoms with van der Waals surface area (Å²) < 4.78 is 0. The number of alkyl halides is 1. The molecule has 0 amide bonds. The molecule has 1 fully saturated rings. The molecule has 3 heteroatoms. The quantitative estimate of drug-likeness (QED) is 0.712. The molecule has 2 unspecified atom stereocenters. The zero-order chi connectivity index (χ0) is 11.3. The van der Waals surface area contributed by atoms with Gasteiger partial charge in [-0.2, -0.15) is 0 Å². The van der Waals surface area contributed by atoms with Gasteiger partial charge in [0.25, 0.3) is 0 Å². The van der Waals surface area contributed by atoms with Crippen molar-refractivity contribution in [3.63, 3.8) is 0 Å². The smallest absolute Gasteiger partial charge is 0.0217 e. The second kappa shape index (κ2) is 6.87. The number of piperidine rings is 1. The Labute approximate surface area is 103 Å². The largest absolute Gasteiger partial charge is 0.305 e. The van der Waals surface area contributed by atoms with Crippen LogP contribution in [0, 0.1) is 5.92 Å². The van der Waals surface area contributed by atoms with E-state index in [9.17, 15) is 0 Å². The van der Waals surface area contributed by atoms with E-state index in [1.807, 2.05) is 0 Å². The summed E-state index contributed by atoms with van der Waals surface area (Å²) in [7, 11) is 4.41. The predicted octanol–water partition coefficient (Wildman–Crippen LogP) is 2.43. The van der Waals surface area contributed by atoms with Crippen LogP contribution in [0.25, 0.3) is 0 Å². The lowest BCUT2D eigenvalue weighted by Crippen LogP contribution is -2.46. The van der Waals surface area contributed by atoms with Gasteiger partial charge in [-0.25, -0.2) is 0 Å². The first-order valence-electron chi connectivity index (χ1n) is 6.12. The first-order valence-corrected chi connectivity index (χ1v) is 7.24. The van der Waals surface area contributed by atoms with E-state index >= 15 is 0 Å². The highest BCUT2D eigenvalue weighted by molar-refractivity contribution is 9.09. The summed E-state index contributed by atoms with van der Waals surface area (Å²) in [5.41, 5.74) is 0. The molecular formula is C12H25BrN2. The van der Waals surface area contributed by atoms with Crippen LogP contribution in [0.1, 0.15) is 26.2 Å². The molecule has 2 nitrogen and oxygen atoms in total. The summed E-state index contributed by atoms with van der Waals surface area (Å²) in [4.78, 5) is 5.02. The van der Waals surface area contributed by atoms with Crippen LogP contribution in [0.3, 0.4) is 0 Å². The SMILES string of the molecule is CCC(CBr)CN1CCCC(N(C)C)C1. The lowest BCUT2D eigenvalue weighted by atomic mass is 10.0. The van der Waals surface area contributed by atoms with Crippen molar-refractivity contribution in [1.82, 2.24) is 9.80 Å². The van der Waals surface area contributed by atoms with Crippen molar-refractivity contribution in [2.45, 2.75) is 32.2 Å². The molecule has 1 heterocycles. The molecule has 0 radical (unpaired) electrons. The van der Waals surface area contributed by atoms with E-state index < -0.39 is 0 Å². The number of hydrogen-bond donors (Lipinski definition) is 0. The molecule has 1 aliphatic rings. The summed E-state index contributed by atoms with van der Waals surface area (Å²) in [5, 5.41) is 1.15. The van der Waals surface area contributed by atoms with Gasteiger partial charge in [-0.05, 0) is 39.4 Å². The third kappa shape index (κ3) is 4.41. The van der Waals surface area contributed by atoms with Crippen LogP contribution < -0.4 is 0 Å². The number of halogens is 1. The van der Waals surface area contributed by atoms with Crippen LogP contribution in [-0.2, 0) is 0 Å². The van der Waals surface area contributed by atoms with Crippen LogP contribution in [0.5, 0.6) is 0 Å². The summed E-state index contributed by atoms with van der Waals surface area (Å²) in [6, 6.07) is 0.770. The molecule has 0 aliphatic carbocycles. The molecule has 0 saturated carbocycles. The lowest BCUT2D eigenvalue weighted by molar-refractivity contribution is 0.121. The molecule has 1 rings (SSSR count). The van der Waals surface area contributed by atoms with Crippen molar-refractivity contribution in [3.8, 4) is 0 Å². The first-order chi connectivity index (χ1) is 7.17. The number of hydrogen-bond acceptors (Lipinski definition) is 2. The Balaban J connectivity index is 2.35. The van der Waals surface area contributed by atoms with Gasteiger partial charge in [-0.1, -0.05) is 29.3 Å². The van der Waals surface area contributed by atoms with Crippen molar-refractivity contribution in [1.29, 1.82) is 0 Å². The number of likely N-dealkylation sites (tertiary alicyclic amines) is 1. The Hall–Kier alpha value is 0.400. The number of rotatable bonds is 5. The van der Waals surface area contributed by atoms with Crippen molar-refractivity contribution < 1.29 is 0 Å². The molecular weight excluding hydrogens is 252 g/mol. The van der Waals surface area contributed by atoms with E-state index in [2.05, 4.69) is 46.7 Å². The molecule has 2 atom stereocenters. The summed E-state index contributed by atoms with van der Waals surface area (Å²) >= 11 is 3.61. The van der Waals surface area contributed by atoms with E-state index in [1.165, 1.54) is 38.9 Å². The van der Waals surface area contributed by atoms with E-state index in [4.69, 9.17) is 0 Å². The third-order valence-corrected chi connectivity index (χ3v) is 4.44. The van der Waals surface area contributed by atoms with Gasteiger partial charge >= 0.3 is 0 Å². The molecule has 90 valence electrons. The van der Waals surface area contributed by atoms with Crippen LogP contribution in [-0.4, -0.2) is 54.9 Å². The molecule has 1 saturated heterocycles. The zero-order valence-corrected chi connectivity index (χ0v) is 12.0. The molecule has 0 aromatic rings. The topological polar surface area (TPSA) is 6.48 Å². The Kier molecular flexibility index (Phi) is 6.17. The van der Waals surface area contributed by atoms with Gasteiger partial charge in [0.05, 0.1) is 0 Å². The van der Waals surface area contributed by atoms with Crippen molar-refractivity contribution in [2.75, 3.05) is 39.1 Å². The van der Waals surface area contributed by atoms with Crippen molar-refractivity contribution >= 4 is 15.9 Å². The fourth-order valence-electron chi connectivity index (χ4n) is 2.27. The maximum absolute atomic E-state index is 3.61. The highest BCUT2D eigenvalue weighted by Crippen LogP contribution is 2.17. The Morgan fingerprint density at radius 3 is 2.73 bits per heavy atom. The van der Waals surface area contributed by atoms with E-state index in [1.54, 1.807) is 0 Å². The normalized spacial score (nSPS) is 25.8. The fourth-order valence-corrected chi connectivity index (χ4v) is 2.93. The second-order valence-electron chi connectivity index (χ2n) is 4.95. The minimum atomic E-state index is 0.770. The monoisotopic (exact) mass is 276 g/mol. The second-order valence-corrected chi connectivity index (χ2v) is 5.60. The Morgan fingerprint density at radius 1 is 1.47 bits per heavy atom. The molecule has 0 N–H and O–H groups in total. The standard InChI is InChI=1S/C12H25BrN2/c1-4-11(8-13)9-15-7-5-6-12(10-15)14(2)3/h11-12H,4-10H2,1-3H3. The van der Waals surface area contributed by atoms with Gasteiger partial charge in [0.15, 0.2) is 0 Å². The van der Waals surface area contributed by atoms with Crippen molar-refractivity contribution in [3.05, 3.63) is 0 Å². The average Bonchev–Trinajstić information content (AvgIpc) is 2.26. The first kappa shape index (κ1) is 13.5. The summed E-state index contributed by atoms with van der Waals surface area (Å²) in [5.74, 6) is 0.825. The van der Waals surface area contributed by atoms with Gasteiger partial charge in [0, 0.05) is 24.5 Å². The summed E-state index contributed by atoms with van der Waals surface area (Å²) in [6.45, 7) is 6.12. The highest BCUT2D eigenvalue weighted by Gasteiger charge is 2.22. The van der Waals surface area contributed by atoms with Gasteiger partial charge in [-0.3, -0.25) is 0 Å². The zero-order valence-electron chi connectivity index (χ0n) is 10.4. The lowest BCUT2D eigenvalue weighted by Gasteiger charge is -2.37. The number of nitrogens with zero attached hydrogens (tertiary/aromatic N) is 2. The summed E-state index contributed by atoms with van der Waals surface area (Å²) in [6.07, 6.45) is 4.02. The van der Waals surface area contributed by atoms with Crippen molar-refractivity contribution in [2.24, 2.45) is 5.92 Å².